The van der Waals surface area contributed by atoms with E-state index in [0.717, 1.165) is 19.3 Å². The van der Waals surface area contributed by atoms with E-state index in [-0.39, 0.29) is 12.6 Å². The van der Waals surface area contributed by atoms with Crippen LogP contribution in [-0.4, -0.2) is 37.0 Å². The summed E-state index contributed by atoms with van der Waals surface area (Å²) in [4.78, 5) is 12.2. The number of carbonyl (C=O) groups excluding carboxylic acids is 1. The smallest absolute Gasteiger partial charge is 0.306 e. The van der Waals surface area contributed by atoms with Gasteiger partial charge < -0.3 is 14.6 Å². The summed E-state index contributed by atoms with van der Waals surface area (Å²) in [5.41, 5.74) is 0. The van der Waals surface area contributed by atoms with Gasteiger partial charge in [-0.25, -0.2) is 0 Å². The highest BCUT2D eigenvalue weighted by Gasteiger charge is 2.13. The standard InChI is InChI=1S/C43H84O4/c1-3-5-7-9-11-13-15-17-19-20-21-22-23-24-26-28-30-32-34-36-38-43(45)47-42(40-44)41-46-39-37-35-33-31-29-27-25-18-16-14-12-10-8-6-4-2/h16,18,42,44H,3-15,17,19-41H2,1-2H3/b18-16-. The van der Waals surface area contributed by atoms with Crippen LogP contribution < -0.4 is 0 Å². The largest absolute Gasteiger partial charge is 0.457 e. The van der Waals surface area contributed by atoms with Crippen LogP contribution in [0.3, 0.4) is 0 Å². The number of carbonyl (C=O) groups is 1. The van der Waals surface area contributed by atoms with Gasteiger partial charge in [0.2, 0.25) is 0 Å². The molecular weight excluding hydrogens is 580 g/mol. The van der Waals surface area contributed by atoms with Gasteiger partial charge in [0, 0.05) is 13.0 Å². The van der Waals surface area contributed by atoms with Gasteiger partial charge in [-0.15, -0.1) is 0 Å². The first kappa shape index (κ1) is 46.1. The SMILES string of the molecule is CCCCCCC/C=C\CCCCCCCCOCC(CO)OC(=O)CCCCCCCCCCCCCCCCCCCCCC. The van der Waals surface area contributed by atoms with Gasteiger partial charge in [0.25, 0.3) is 0 Å². The fourth-order valence-corrected chi connectivity index (χ4v) is 6.38. The van der Waals surface area contributed by atoms with Gasteiger partial charge in [-0.1, -0.05) is 199 Å². The topological polar surface area (TPSA) is 55.8 Å². The number of esters is 1. The first-order valence-corrected chi connectivity index (χ1v) is 21.3. The van der Waals surface area contributed by atoms with Crippen LogP contribution >= 0.6 is 0 Å². The number of aliphatic hydroxyl groups is 1. The van der Waals surface area contributed by atoms with Crippen LogP contribution in [0.5, 0.6) is 0 Å². The summed E-state index contributed by atoms with van der Waals surface area (Å²) in [6.45, 7) is 5.36. The Morgan fingerprint density at radius 3 is 1.21 bits per heavy atom. The maximum Gasteiger partial charge on any atom is 0.306 e. The van der Waals surface area contributed by atoms with Gasteiger partial charge >= 0.3 is 5.97 Å². The fraction of sp³-hybridized carbons (Fsp3) is 0.930. The molecule has 0 fully saturated rings. The molecule has 1 unspecified atom stereocenters. The maximum absolute atomic E-state index is 12.2. The van der Waals surface area contributed by atoms with E-state index < -0.39 is 6.10 Å². The second-order valence-electron chi connectivity index (χ2n) is 14.4. The van der Waals surface area contributed by atoms with Crippen molar-refractivity contribution in [2.24, 2.45) is 0 Å². The molecule has 0 spiro atoms. The van der Waals surface area contributed by atoms with Gasteiger partial charge in [-0.2, -0.15) is 0 Å². The molecular formula is C43H84O4. The number of unbranched alkanes of at least 4 members (excludes halogenated alkanes) is 30. The monoisotopic (exact) mass is 665 g/mol. The van der Waals surface area contributed by atoms with E-state index in [2.05, 4.69) is 26.0 Å². The molecule has 0 heterocycles. The Hall–Kier alpha value is -0.870. The Morgan fingerprint density at radius 1 is 0.489 bits per heavy atom. The van der Waals surface area contributed by atoms with Crippen molar-refractivity contribution in [1.29, 1.82) is 0 Å². The van der Waals surface area contributed by atoms with Crippen LogP contribution in [0.4, 0.5) is 0 Å². The Labute approximate surface area is 295 Å². The summed E-state index contributed by atoms with van der Waals surface area (Å²) in [6, 6.07) is 0. The van der Waals surface area contributed by atoms with Crippen LogP contribution in [0.2, 0.25) is 0 Å². The molecule has 47 heavy (non-hydrogen) atoms. The van der Waals surface area contributed by atoms with E-state index in [9.17, 15) is 9.90 Å². The van der Waals surface area contributed by atoms with Crippen molar-refractivity contribution in [3.05, 3.63) is 12.2 Å². The molecule has 0 aromatic rings. The molecule has 0 saturated heterocycles. The number of hydrogen-bond donors (Lipinski definition) is 1. The average molecular weight is 665 g/mol. The molecule has 0 aromatic carbocycles. The molecule has 0 aromatic heterocycles. The summed E-state index contributed by atoms with van der Waals surface area (Å²) >= 11 is 0. The molecule has 4 heteroatoms. The number of rotatable bonds is 40. The molecule has 280 valence electrons. The first-order valence-electron chi connectivity index (χ1n) is 21.3. The first-order chi connectivity index (χ1) is 23.2. The third-order valence-electron chi connectivity index (χ3n) is 9.59. The molecule has 0 aliphatic rings. The van der Waals surface area contributed by atoms with E-state index in [4.69, 9.17) is 9.47 Å². The van der Waals surface area contributed by atoms with E-state index >= 15 is 0 Å². The molecule has 4 nitrogen and oxygen atoms in total. The molecule has 0 rings (SSSR count). The van der Waals surface area contributed by atoms with E-state index in [1.807, 2.05) is 0 Å². The van der Waals surface area contributed by atoms with Crippen LogP contribution in [0.1, 0.15) is 232 Å². The lowest BCUT2D eigenvalue weighted by Crippen LogP contribution is -2.27. The molecule has 1 atom stereocenters. The Kier molecular flexibility index (Phi) is 40.5. The van der Waals surface area contributed by atoms with Crippen molar-refractivity contribution in [3.63, 3.8) is 0 Å². The van der Waals surface area contributed by atoms with Gasteiger partial charge in [-0.05, 0) is 38.5 Å². The van der Waals surface area contributed by atoms with Gasteiger partial charge in [0.1, 0.15) is 6.10 Å². The Balaban J connectivity index is 3.38. The number of ether oxygens (including phenoxy) is 2. The molecule has 0 amide bonds. The predicted octanol–water partition coefficient (Wildman–Crippen LogP) is 13.8. The summed E-state index contributed by atoms with van der Waals surface area (Å²) in [5.74, 6) is -0.197. The van der Waals surface area contributed by atoms with Crippen LogP contribution in [-0.2, 0) is 14.3 Å². The van der Waals surface area contributed by atoms with Crippen molar-refractivity contribution in [2.75, 3.05) is 19.8 Å². The lowest BCUT2D eigenvalue weighted by molar-refractivity contribution is -0.154. The molecule has 0 saturated carbocycles. The Bertz CT molecular complexity index is 619. The summed E-state index contributed by atoms with van der Waals surface area (Å²) in [6.07, 6.45) is 48.4. The second-order valence-corrected chi connectivity index (χ2v) is 14.4. The highest BCUT2D eigenvalue weighted by atomic mass is 16.6. The zero-order valence-corrected chi connectivity index (χ0v) is 32.1. The van der Waals surface area contributed by atoms with Crippen molar-refractivity contribution in [1.82, 2.24) is 0 Å². The minimum atomic E-state index is -0.531. The van der Waals surface area contributed by atoms with E-state index in [1.54, 1.807) is 0 Å². The predicted molar refractivity (Wildman–Crippen MR) is 205 cm³/mol. The molecule has 0 radical (unpaired) electrons. The third-order valence-corrected chi connectivity index (χ3v) is 9.59. The lowest BCUT2D eigenvalue weighted by Gasteiger charge is -2.15. The van der Waals surface area contributed by atoms with Gasteiger partial charge in [0.05, 0.1) is 13.2 Å². The van der Waals surface area contributed by atoms with Crippen molar-refractivity contribution in [3.8, 4) is 0 Å². The number of aliphatic hydroxyl groups excluding tert-OH is 1. The summed E-state index contributed by atoms with van der Waals surface area (Å²) < 4.78 is 11.2. The van der Waals surface area contributed by atoms with Crippen LogP contribution in [0, 0.1) is 0 Å². The molecule has 0 bridgehead atoms. The zero-order chi connectivity index (χ0) is 34.1. The minimum Gasteiger partial charge on any atom is -0.457 e. The highest BCUT2D eigenvalue weighted by Crippen LogP contribution is 2.16. The summed E-state index contributed by atoms with van der Waals surface area (Å²) in [5, 5.41) is 9.59. The maximum atomic E-state index is 12.2. The van der Waals surface area contributed by atoms with E-state index in [1.165, 1.54) is 193 Å². The lowest BCUT2D eigenvalue weighted by atomic mass is 10.0. The Morgan fingerprint density at radius 2 is 0.830 bits per heavy atom. The molecule has 0 aliphatic carbocycles. The number of hydrogen-bond acceptors (Lipinski definition) is 4. The number of allylic oxidation sites excluding steroid dienone is 2. The highest BCUT2D eigenvalue weighted by molar-refractivity contribution is 5.69. The normalized spacial score (nSPS) is 12.3. The van der Waals surface area contributed by atoms with Crippen molar-refractivity contribution < 1.29 is 19.4 Å². The minimum absolute atomic E-state index is 0.168. The van der Waals surface area contributed by atoms with E-state index in [0.29, 0.717) is 19.6 Å². The van der Waals surface area contributed by atoms with Crippen molar-refractivity contribution >= 4 is 5.97 Å². The van der Waals surface area contributed by atoms with Crippen LogP contribution in [0.15, 0.2) is 12.2 Å². The molecule has 1 N–H and O–H groups in total. The zero-order valence-electron chi connectivity index (χ0n) is 32.1. The molecule has 0 aliphatic heterocycles. The summed E-state index contributed by atoms with van der Waals surface area (Å²) in [7, 11) is 0. The van der Waals surface area contributed by atoms with Gasteiger partial charge in [-0.3, -0.25) is 4.79 Å². The third kappa shape index (κ3) is 39.5. The fourth-order valence-electron chi connectivity index (χ4n) is 6.38. The van der Waals surface area contributed by atoms with Crippen molar-refractivity contribution in [2.45, 2.75) is 238 Å². The van der Waals surface area contributed by atoms with Crippen LogP contribution in [0.25, 0.3) is 0 Å². The average Bonchev–Trinajstić information content (AvgIpc) is 3.08. The van der Waals surface area contributed by atoms with Gasteiger partial charge in [0.15, 0.2) is 0 Å². The quantitative estimate of drug-likeness (QED) is 0.0402. The second kappa shape index (κ2) is 41.3.